The number of benzene rings is 1. The van der Waals surface area contributed by atoms with Crippen LogP contribution in [0, 0.1) is 11.6 Å². The van der Waals surface area contributed by atoms with E-state index in [9.17, 15) is 8.78 Å². The van der Waals surface area contributed by atoms with Crippen molar-refractivity contribution in [2.45, 2.75) is 25.3 Å². The van der Waals surface area contributed by atoms with Gasteiger partial charge < -0.3 is 0 Å². The summed E-state index contributed by atoms with van der Waals surface area (Å²) in [5, 5.41) is 4.83. The maximum Gasteiger partial charge on any atom is 0.163 e. The molecule has 0 aliphatic heterocycles. The van der Waals surface area contributed by atoms with Gasteiger partial charge in [-0.15, -0.1) is 9.24 Å². The van der Waals surface area contributed by atoms with E-state index in [-0.39, 0.29) is 23.3 Å². The molecule has 24 heavy (non-hydrogen) atoms. The van der Waals surface area contributed by atoms with E-state index in [1.54, 1.807) is 23.1 Å². The summed E-state index contributed by atoms with van der Waals surface area (Å²) >= 11 is 0. The van der Waals surface area contributed by atoms with Crippen LogP contribution in [0.15, 0.2) is 43.4 Å². The van der Waals surface area contributed by atoms with Crippen molar-refractivity contribution >= 4 is 14.5 Å². The highest BCUT2D eigenvalue weighted by Gasteiger charge is 2.27. The Bertz CT molecular complexity index is 825. The predicted octanol–water partition coefficient (Wildman–Crippen LogP) is 2.43. The lowest BCUT2D eigenvalue weighted by atomic mass is 9.84. The van der Waals surface area contributed by atoms with Crippen LogP contribution in [0.25, 0.3) is 0 Å². The molecule has 1 aromatic carbocycles. The molecule has 3 unspecified atom stereocenters. The molecule has 0 fully saturated rings. The summed E-state index contributed by atoms with van der Waals surface area (Å²) in [6, 6.07) is 4.97. The molecule has 3 aromatic rings. The molecule has 0 amide bonds. The standard InChI is InChI=1S/C16H16F2N5P/c1-10(16-15(18)5-19-7-21-16)13(6-23-9-20-8-22-23)12-3-2-11(24)4-14(12)17/h2-5,7-10,13H,6,24H2,1H3. The second-order valence-corrected chi connectivity index (χ2v) is 6.22. The third-order valence-electron chi connectivity index (χ3n) is 4.01. The van der Waals surface area contributed by atoms with Crippen LogP contribution in [0.3, 0.4) is 0 Å². The summed E-state index contributed by atoms with van der Waals surface area (Å²) in [7, 11) is 2.46. The molecule has 0 aliphatic carbocycles. The van der Waals surface area contributed by atoms with Crippen LogP contribution in [0.4, 0.5) is 8.78 Å². The number of aromatic nitrogens is 5. The quantitative estimate of drug-likeness (QED) is 0.665. The fourth-order valence-corrected chi connectivity index (χ4v) is 2.99. The zero-order valence-corrected chi connectivity index (χ0v) is 14.1. The Hall–Kier alpha value is -2.27. The third kappa shape index (κ3) is 3.46. The average molecular weight is 347 g/mol. The van der Waals surface area contributed by atoms with Gasteiger partial charge >= 0.3 is 0 Å². The van der Waals surface area contributed by atoms with Gasteiger partial charge in [-0.25, -0.2) is 23.7 Å². The van der Waals surface area contributed by atoms with Gasteiger partial charge in [-0.2, -0.15) is 5.10 Å². The maximum atomic E-state index is 14.5. The van der Waals surface area contributed by atoms with Gasteiger partial charge in [-0.3, -0.25) is 4.68 Å². The monoisotopic (exact) mass is 347 g/mol. The topological polar surface area (TPSA) is 56.5 Å². The number of nitrogens with zero attached hydrogens (tertiary/aromatic N) is 5. The second-order valence-electron chi connectivity index (χ2n) is 5.55. The molecule has 124 valence electrons. The third-order valence-corrected chi connectivity index (χ3v) is 4.36. The minimum atomic E-state index is -0.503. The van der Waals surface area contributed by atoms with E-state index in [2.05, 4.69) is 29.3 Å². The van der Waals surface area contributed by atoms with Gasteiger partial charge in [0.2, 0.25) is 0 Å². The van der Waals surface area contributed by atoms with E-state index in [4.69, 9.17) is 0 Å². The lowest BCUT2D eigenvalue weighted by molar-refractivity contribution is 0.426. The van der Waals surface area contributed by atoms with E-state index in [0.717, 1.165) is 11.5 Å². The van der Waals surface area contributed by atoms with E-state index < -0.39 is 5.82 Å². The highest BCUT2D eigenvalue weighted by Crippen LogP contribution is 2.35. The first-order valence-electron chi connectivity index (χ1n) is 7.39. The first-order chi connectivity index (χ1) is 11.6. The van der Waals surface area contributed by atoms with Crippen LogP contribution in [0.1, 0.15) is 30.0 Å². The summed E-state index contributed by atoms with van der Waals surface area (Å²) in [5.74, 6) is -1.57. The first kappa shape index (κ1) is 16.6. The van der Waals surface area contributed by atoms with Crippen molar-refractivity contribution in [3.05, 3.63) is 66.3 Å². The van der Waals surface area contributed by atoms with E-state index >= 15 is 0 Å². The molecular formula is C16H16F2N5P. The Morgan fingerprint density at radius 1 is 1.17 bits per heavy atom. The summed E-state index contributed by atoms with van der Waals surface area (Å²) in [6.07, 6.45) is 5.38. The summed E-state index contributed by atoms with van der Waals surface area (Å²) in [4.78, 5) is 11.6. The van der Waals surface area contributed by atoms with Gasteiger partial charge in [0.15, 0.2) is 5.82 Å². The van der Waals surface area contributed by atoms with Crippen LogP contribution in [0.5, 0.6) is 0 Å². The molecule has 3 atom stereocenters. The smallest absolute Gasteiger partial charge is 0.163 e. The highest BCUT2D eigenvalue weighted by molar-refractivity contribution is 7.27. The van der Waals surface area contributed by atoms with Crippen molar-refractivity contribution in [1.29, 1.82) is 0 Å². The molecule has 5 nitrogen and oxygen atoms in total. The lowest BCUT2D eigenvalue weighted by Crippen LogP contribution is -2.19. The fraction of sp³-hybridized carbons (Fsp3) is 0.250. The van der Waals surface area contributed by atoms with Gasteiger partial charge in [-0.05, 0) is 16.9 Å². The fourth-order valence-electron chi connectivity index (χ4n) is 2.75. The van der Waals surface area contributed by atoms with Crippen molar-refractivity contribution < 1.29 is 8.78 Å². The van der Waals surface area contributed by atoms with Crippen LogP contribution in [-0.4, -0.2) is 24.7 Å². The minimum absolute atomic E-state index is 0.254. The lowest BCUT2D eigenvalue weighted by Gasteiger charge is -2.24. The SMILES string of the molecule is CC(c1ncncc1F)C(Cn1cncn1)c1ccc(P)cc1F. The van der Waals surface area contributed by atoms with Crippen LogP contribution in [-0.2, 0) is 6.54 Å². The molecular weight excluding hydrogens is 331 g/mol. The Balaban J connectivity index is 2.03. The molecule has 8 heteroatoms. The van der Waals surface area contributed by atoms with Crippen molar-refractivity contribution in [3.63, 3.8) is 0 Å². The normalized spacial score (nSPS) is 13.7. The van der Waals surface area contributed by atoms with Gasteiger partial charge in [-0.1, -0.05) is 19.1 Å². The summed E-state index contributed by atoms with van der Waals surface area (Å²) < 4.78 is 30.2. The molecule has 0 radical (unpaired) electrons. The second kappa shape index (κ2) is 7.09. The van der Waals surface area contributed by atoms with Gasteiger partial charge in [0.05, 0.1) is 18.4 Å². The minimum Gasteiger partial charge on any atom is -0.252 e. The van der Waals surface area contributed by atoms with E-state index in [1.165, 1.54) is 18.7 Å². The molecule has 2 heterocycles. The first-order valence-corrected chi connectivity index (χ1v) is 7.96. The highest BCUT2D eigenvalue weighted by atomic mass is 31.0. The van der Waals surface area contributed by atoms with Gasteiger partial charge in [0.1, 0.15) is 24.8 Å². The predicted molar refractivity (Wildman–Crippen MR) is 88.9 cm³/mol. The van der Waals surface area contributed by atoms with E-state index in [1.807, 2.05) is 6.92 Å². The van der Waals surface area contributed by atoms with Crippen molar-refractivity contribution in [2.75, 3.05) is 0 Å². The van der Waals surface area contributed by atoms with E-state index in [0.29, 0.717) is 12.1 Å². The van der Waals surface area contributed by atoms with Crippen LogP contribution in [0.2, 0.25) is 0 Å². The number of hydrogen-bond acceptors (Lipinski definition) is 4. The Morgan fingerprint density at radius 2 is 2.00 bits per heavy atom. The molecule has 0 aliphatic rings. The molecule has 0 saturated carbocycles. The van der Waals surface area contributed by atoms with Crippen LogP contribution < -0.4 is 5.30 Å². The van der Waals surface area contributed by atoms with Crippen molar-refractivity contribution in [2.24, 2.45) is 0 Å². The maximum absolute atomic E-state index is 14.5. The zero-order valence-electron chi connectivity index (χ0n) is 13.0. The Kier molecular flexibility index (Phi) is 4.90. The molecule has 2 aromatic heterocycles. The largest absolute Gasteiger partial charge is 0.252 e. The summed E-state index contributed by atoms with van der Waals surface area (Å²) in [6.45, 7) is 2.18. The molecule has 0 spiro atoms. The zero-order chi connectivity index (χ0) is 17.1. The summed E-state index contributed by atoms with van der Waals surface area (Å²) in [5.41, 5.74) is 0.742. The Morgan fingerprint density at radius 3 is 2.67 bits per heavy atom. The van der Waals surface area contributed by atoms with Crippen LogP contribution >= 0.6 is 9.24 Å². The number of rotatable bonds is 5. The molecule has 0 saturated heterocycles. The average Bonchev–Trinajstić information content (AvgIpc) is 3.06. The van der Waals surface area contributed by atoms with Crippen molar-refractivity contribution in [3.8, 4) is 0 Å². The molecule has 3 rings (SSSR count). The number of halogens is 2. The number of hydrogen-bond donors (Lipinski definition) is 0. The Labute approximate surface area is 140 Å². The van der Waals surface area contributed by atoms with Gasteiger partial charge in [0, 0.05) is 11.8 Å². The van der Waals surface area contributed by atoms with Gasteiger partial charge in [0.25, 0.3) is 0 Å². The van der Waals surface area contributed by atoms with Crippen molar-refractivity contribution in [1.82, 2.24) is 24.7 Å². The molecule has 0 N–H and O–H groups in total. The molecule has 0 bridgehead atoms.